The lowest BCUT2D eigenvalue weighted by Crippen LogP contribution is -2.21. The first-order chi connectivity index (χ1) is 9.79. The SMILES string of the molecule is CCOCCCn1ccnc1NCC1CCC(C)CC1. The van der Waals surface area contributed by atoms with E-state index in [1.165, 1.54) is 25.7 Å². The average molecular weight is 279 g/mol. The van der Waals surface area contributed by atoms with Crippen LogP contribution in [0.4, 0.5) is 5.95 Å². The lowest BCUT2D eigenvalue weighted by molar-refractivity contribution is 0.142. The van der Waals surface area contributed by atoms with Crippen LogP contribution in [0.5, 0.6) is 0 Å². The fourth-order valence-corrected chi connectivity index (χ4v) is 2.91. The fraction of sp³-hybridized carbons (Fsp3) is 0.812. The maximum atomic E-state index is 5.38. The Balaban J connectivity index is 1.71. The van der Waals surface area contributed by atoms with Gasteiger partial charge in [-0.1, -0.05) is 19.8 Å². The number of anilines is 1. The molecule has 4 nitrogen and oxygen atoms in total. The van der Waals surface area contributed by atoms with Gasteiger partial charge >= 0.3 is 0 Å². The number of hydrogen-bond donors (Lipinski definition) is 1. The summed E-state index contributed by atoms with van der Waals surface area (Å²) in [4.78, 5) is 4.43. The smallest absolute Gasteiger partial charge is 0.202 e. The average Bonchev–Trinajstić information content (AvgIpc) is 2.90. The largest absolute Gasteiger partial charge is 0.382 e. The van der Waals surface area contributed by atoms with Crippen molar-refractivity contribution < 1.29 is 4.74 Å². The van der Waals surface area contributed by atoms with Crippen molar-refractivity contribution in [1.29, 1.82) is 0 Å². The van der Waals surface area contributed by atoms with Gasteiger partial charge in [0.05, 0.1) is 0 Å². The Morgan fingerprint density at radius 2 is 2.15 bits per heavy atom. The lowest BCUT2D eigenvalue weighted by Gasteiger charge is -2.26. The zero-order chi connectivity index (χ0) is 14.2. The van der Waals surface area contributed by atoms with Crippen molar-refractivity contribution in [2.24, 2.45) is 11.8 Å². The second-order valence-corrected chi connectivity index (χ2v) is 6.00. The van der Waals surface area contributed by atoms with E-state index in [-0.39, 0.29) is 0 Å². The predicted octanol–water partition coefficient (Wildman–Crippen LogP) is 3.55. The molecule has 0 saturated heterocycles. The van der Waals surface area contributed by atoms with Crippen LogP contribution in [0.25, 0.3) is 0 Å². The van der Waals surface area contributed by atoms with Gasteiger partial charge in [-0.25, -0.2) is 4.98 Å². The van der Waals surface area contributed by atoms with Gasteiger partial charge in [0.25, 0.3) is 0 Å². The minimum atomic E-state index is 0.801. The van der Waals surface area contributed by atoms with Crippen LogP contribution in [0.3, 0.4) is 0 Å². The summed E-state index contributed by atoms with van der Waals surface area (Å²) in [5.74, 6) is 2.76. The molecule has 0 radical (unpaired) electrons. The van der Waals surface area contributed by atoms with Gasteiger partial charge in [-0.2, -0.15) is 0 Å². The number of aryl methyl sites for hydroxylation is 1. The monoisotopic (exact) mass is 279 g/mol. The van der Waals surface area contributed by atoms with Crippen LogP contribution in [0.15, 0.2) is 12.4 Å². The summed E-state index contributed by atoms with van der Waals surface area (Å²) >= 11 is 0. The fourth-order valence-electron chi connectivity index (χ4n) is 2.91. The Morgan fingerprint density at radius 1 is 1.35 bits per heavy atom. The second-order valence-electron chi connectivity index (χ2n) is 6.00. The number of nitrogens with one attached hydrogen (secondary N) is 1. The molecule has 0 aromatic carbocycles. The molecule has 0 bridgehead atoms. The highest BCUT2D eigenvalue weighted by Gasteiger charge is 2.18. The van der Waals surface area contributed by atoms with Gasteiger partial charge in [-0.3, -0.25) is 0 Å². The van der Waals surface area contributed by atoms with E-state index >= 15 is 0 Å². The Morgan fingerprint density at radius 3 is 2.90 bits per heavy atom. The predicted molar refractivity (Wildman–Crippen MR) is 82.9 cm³/mol. The highest BCUT2D eigenvalue weighted by Crippen LogP contribution is 2.28. The number of nitrogens with zero attached hydrogens (tertiary/aromatic N) is 2. The van der Waals surface area contributed by atoms with Crippen LogP contribution < -0.4 is 5.32 Å². The van der Waals surface area contributed by atoms with Crippen LogP contribution in [0.2, 0.25) is 0 Å². The summed E-state index contributed by atoms with van der Waals surface area (Å²) in [6.45, 7) is 8.08. The third-order valence-electron chi connectivity index (χ3n) is 4.29. The van der Waals surface area contributed by atoms with E-state index in [2.05, 4.69) is 28.0 Å². The van der Waals surface area contributed by atoms with Gasteiger partial charge in [-0.05, 0) is 38.0 Å². The van der Waals surface area contributed by atoms with E-state index in [1.54, 1.807) is 0 Å². The zero-order valence-corrected chi connectivity index (χ0v) is 13.0. The molecule has 4 heteroatoms. The first-order valence-electron chi connectivity index (χ1n) is 8.12. The molecule has 1 aliphatic carbocycles. The van der Waals surface area contributed by atoms with Crippen LogP contribution in [-0.4, -0.2) is 29.3 Å². The molecule has 0 spiro atoms. The number of imidazole rings is 1. The van der Waals surface area contributed by atoms with E-state index in [9.17, 15) is 0 Å². The van der Waals surface area contributed by atoms with Crippen molar-refractivity contribution in [1.82, 2.24) is 9.55 Å². The van der Waals surface area contributed by atoms with Crippen LogP contribution in [0.1, 0.15) is 46.0 Å². The molecule has 0 amide bonds. The van der Waals surface area contributed by atoms with Gasteiger partial charge in [-0.15, -0.1) is 0 Å². The molecule has 20 heavy (non-hydrogen) atoms. The minimum Gasteiger partial charge on any atom is -0.382 e. The van der Waals surface area contributed by atoms with Gasteiger partial charge < -0.3 is 14.6 Å². The summed E-state index contributed by atoms with van der Waals surface area (Å²) in [5.41, 5.74) is 0. The van der Waals surface area contributed by atoms with E-state index < -0.39 is 0 Å². The molecule has 0 atom stereocenters. The second kappa shape index (κ2) is 8.30. The molecule has 1 fully saturated rings. The van der Waals surface area contributed by atoms with Gasteiger partial charge in [0.15, 0.2) is 0 Å². The molecule has 0 aliphatic heterocycles. The standard InChI is InChI=1S/C16H29N3O/c1-3-20-12-4-10-19-11-9-17-16(19)18-13-15-7-5-14(2)6-8-15/h9,11,14-15H,3-8,10,12-13H2,1-2H3,(H,17,18). The molecule has 1 aliphatic rings. The summed E-state index contributed by atoms with van der Waals surface area (Å²) in [6.07, 6.45) is 10.5. The number of hydrogen-bond acceptors (Lipinski definition) is 3. The highest BCUT2D eigenvalue weighted by molar-refractivity contribution is 5.25. The Kier molecular flexibility index (Phi) is 6.37. The zero-order valence-electron chi connectivity index (χ0n) is 13.0. The Labute approximate surface area is 122 Å². The van der Waals surface area contributed by atoms with Crippen LogP contribution >= 0.6 is 0 Å². The van der Waals surface area contributed by atoms with Crippen molar-refractivity contribution >= 4 is 5.95 Å². The van der Waals surface area contributed by atoms with E-state index in [0.29, 0.717) is 0 Å². The molecule has 1 saturated carbocycles. The maximum absolute atomic E-state index is 5.38. The normalized spacial score (nSPS) is 22.9. The van der Waals surface area contributed by atoms with Crippen molar-refractivity contribution in [2.45, 2.75) is 52.5 Å². The van der Waals surface area contributed by atoms with E-state index in [4.69, 9.17) is 4.74 Å². The van der Waals surface area contributed by atoms with Gasteiger partial charge in [0.2, 0.25) is 5.95 Å². The first kappa shape index (κ1) is 15.4. The van der Waals surface area contributed by atoms with Crippen molar-refractivity contribution in [2.75, 3.05) is 25.1 Å². The lowest BCUT2D eigenvalue weighted by atomic mass is 9.83. The first-order valence-corrected chi connectivity index (χ1v) is 8.12. The van der Waals surface area contributed by atoms with Crippen LogP contribution in [-0.2, 0) is 11.3 Å². The molecule has 1 N–H and O–H groups in total. The Hall–Kier alpha value is -1.03. The van der Waals surface area contributed by atoms with Crippen molar-refractivity contribution in [3.8, 4) is 0 Å². The quantitative estimate of drug-likeness (QED) is 0.740. The number of rotatable bonds is 8. The summed E-state index contributed by atoms with van der Waals surface area (Å²) in [7, 11) is 0. The summed E-state index contributed by atoms with van der Waals surface area (Å²) in [5, 5.41) is 3.53. The molecule has 114 valence electrons. The molecule has 0 unspecified atom stereocenters. The Bertz CT molecular complexity index is 370. The molecule has 1 aromatic rings. The molecular weight excluding hydrogens is 250 g/mol. The molecular formula is C16H29N3O. The topological polar surface area (TPSA) is 39.1 Å². The van der Waals surface area contributed by atoms with Crippen molar-refractivity contribution in [3.05, 3.63) is 12.4 Å². The minimum absolute atomic E-state index is 0.801. The van der Waals surface area contributed by atoms with Crippen molar-refractivity contribution in [3.63, 3.8) is 0 Å². The third-order valence-corrected chi connectivity index (χ3v) is 4.29. The summed E-state index contributed by atoms with van der Waals surface area (Å²) < 4.78 is 7.58. The number of aromatic nitrogens is 2. The molecule has 2 rings (SSSR count). The van der Waals surface area contributed by atoms with Gasteiger partial charge in [0, 0.05) is 38.7 Å². The summed E-state index contributed by atoms with van der Waals surface area (Å²) in [6, 6.07) is 0. The third kappa shape index (κ3) is 4.82. The molecule has 1 aromatic heterocycles. The molecule has 1 heterocycles. The van der Waals surface area contributed by atoms with Crippen LogP contribution in [0, 0.1) is 11.8 Å². The van der Waals surface area contributed by atoms with Gasteiger partial charge in [0.1, 0.15) is 0 Å². The highest BCUT2D eigenvalue weighted by atomic mass is 16.5. The van der Waals surface area contributed by atoms with E-state index in [1.807, 2.05) is 13.1 Å². The van der Waals surface area contributed by atoms with E-state index in [0.717, 1.165) is 50.5 Å². The number of ether oxygens (including phenoxy) is 1. The maximum Gasteiger partial charge on any atom is 0.202 e.